The van der Waals surface area contributed by atoms with Crippen LogP contribution in [0.4, 0.5) is 0 Å². The van der Waals surface area contributed by atoms with Crippen molar-refractivity contribution in [3.05, 3.63) is 0 Å². The smallest absolute Gasteiger partial charge is 0.335 e. The van der Waals surface area contributed by atoms with E-state index >= 15 is 0 Å². The first-order valence-corrected chi connectivity index (χ1v) is 32.0. The van der Waals surface area contributed by atoms with E-state index in [1.54, 1.807) is 0 Å². The van der Waals surface area contributed by atoms with Crippen molar-refractivity contribution in [3.8, 4) is 0 Å². The molecule has 374 valence electrons. The number of rotatable bonds is 55. The molecule has 0 aromatic carbocycles. The summed E-state index contributed by atoms with van der Waals surface area (Å²) >= 11 is 4.63. The van der Waals surface area contributed by atoms with E-state index in [0.29, 0.717) is 0 Å². The topological polar surface area (TPSA) is 24.9 Å². The van der Waals surface area contributed by atoms with E-state index in [0.717, 1.165) is 44.5 Å². The van der Waals surface area contributed by atoms with E-state index in [1.165, 1.54) is 283 Å². The Bertz CT molecular complexity index is 715. The molecule has 0 spiro atoms. The lowest BCUT2D eigenvalue weighted by atomic mass is 10.1. The largest absolute Gasteiger partial charge is 0.393 e. The highest BCUT2D eigenvalue weighted by molar-refractivity contribution is 7.80. The lowest BCUT2D eigenvalue weighted by Gasteiger charge is -2.31. The fourth-order valence-electron chi connectivity index (χ4n) is 9.33. The molecule has 0 atom stereocenters. The third kappa shape index (κ3) is 46.9. The molecule has 0 amide bonds. The molecule has 0 heterocycles. The zero-order chi connectivity index (χ0) is 45.1. The summed E-state index contributed by atoms with van der Waals surface area (Å²) in [6.45, 7) is 20.3. The molecule has 6 heteroatoms. The Hall–Kier alpha value is 0.407. The van der Waals surface area contributed by atoms with Gasteiger partial charge in [0.2, 0.25) is 0 Å². The molecule has 0 rings (SSSR count). The third-order valence-electron chi connectivity index (χ3n) is 13.7. The highest BCUT2D eigenvalue weighted by atomic mass is 32.1. The highest BCUT2D eigenvalue weighted by Gasteiger charge is 2.31. The number of thiol groups is 1. The van der Waals surface area contributed by atoms with E-state index < -0.39 is 8.56 Å². The van der Waals surface area contributed by atoms with Crippen molar-refractivity contribution in [2.45, 2.75) is 304 Å². The molecule has 0 radical (unpaired) electrons. The van der Waals surface area contributed by atoms with Crippen LogP contribution < -0.4 is 0 Å². The normalized spacial score (nSPS) is 12.2. The van der Waals surface area contributed by atoms with Gasteiger partial charge in [0.1, 0.15) is 0 Å². The maximum absolute atomic E-state index is 6.90. The Morgan fingerprint density at radius 3 is 0.710 bits per heavy atom. The Morgan fingerprint density at radius 1 is 0.290 bits per heavy atom. The van der Waals surface area contributed by atoms with Gasteiger partial charge in [0, 0.05) is 26.3 Å². The Morgan fingerprint density at radius 2 is 0.500 bits per heavy atom. The van der Waals surface area contributed by atoms with Crippen molar-refractivity contribution in [2.75, 3.05) is 58.2 Å². The van der Waals surface area contributed by atoms with Gasteiger partial charge in [-0.2, -0.15) is 12.6 Å². The maximum atomic E-state index is 6.90. The first-order valence-electron chi connectivity index (χ1n) is 28.9. The van der Waals surface area contributed by atoms with E-state index in [9.17, 15) is 0 Å². The van der Waals surface area contributed by atoms with Crippen molar-refractivity contribution in [1.29, 1.82) is 0 Å². The maximum Gasteiger partial charge on any atom is 0.335 e. The van der Waals surface area contributed by atoms with Crippen LogP contribution in [0.1, 0.15) is 291 Å². The molecule has 0 aliphatic heterocycles. The average Bonchev–Trinajstić information content (AvgIpc) is 3.27. The quantitative estimate of drug-likeness (QED) is 0.0373. The van der Waals surface area contributed by atoms with Crippen LogP contribution in [-0.4, -0.2) is 76.6 Å². The third-order valence-corrected chi connectivity index (χ3v) is 16.9. The molecule has 0 fully saturated rings. The van der Waals surface area contributed by atoms with E-state index in [4.69, 9.17) is 8.85 Å². The van der Waals surface area contributed by atoms with Crippen LogP contribution in [0, 0.1) is 0 Å². The molecule has 0 bridgehead atoms. The van der Waals surface area contributed by atoms with Crippen LogP contribution in [0.5, 0.6) is 0 Å². The first-order chi connectivity index (χ1) is 30.5. The minimum absolute atomic E-state index is 0.825. The zero-order valence-corrected chi connectivity index (χ0v) is 45.6. The predicted octanol–water partition coefficient (Wildman–Crippen LogP) is 18.7. The SMILES string of the molecule is CCCCCCCCCCCCN(CCCCCCCCCCCC)CCO[Si](C)(CCCS)OCCN(CCCCCCCCCCCC)CCCCCCCCCCCC. The zero-order valence-electron chi connectivity index (χ0n) is 43.7. The molecule has 0 N–H and O–H groups in total. The van der Waals surface area contributed by atoms with Crippen molar-refractivity contribution in [3.63, 3.8) is 0 Å². The molecule has 0 aliphatic rings. The summed E-state index contributed by atoms with van der Waals surface area (Å²) in [6.07, 6.45) is 57.4. The lowest BCUT2D eigenvalue weighted by Crippen LogP contribution is -2.43. The van der Waals surface area contributed by atoms with Crippen LogP contribution in [0.15, 0.2) is 0 Å². The Balaban J connectivity index is 5.01. The monoisotopic (exact) mass is 911 g/mol. The summed E-state index contributed by atoms with van der Waals surface area (Å²) in [5, 5.41) is 0. The molecular weight excluding hydrogens is 793 g/mol. The van der Waals surface area contributed by atoms with Crippen LogP contribution in [0.2, 0.25) is 12.6 Å². The van der Waals surface area contributed by atoms with Crippen molar-refractivity contribution in [2.24, 2.45) is 0 Å². The number of nitrogens with zero attached hydrogens (tertiary/aromatic N) is 2. The highest BCUT2D eigenvalue weighted by Crippen LogP contribution is 2.19. The summed E-state index contributed by atoms with van der Waals surface area (Å²) in [4.78, 5) is 5.51. The molecule has 0 unspecified atom stereocenters. The fraction of sp³-hybridized carbons (Fsp3) is 1.00. The summed E-state index contributed by atoms with van der Waals surface area (Å²) in [7, 11) is -2.27. The number of hydrogen-bond acceptors (Lipinski definition) is 5. The molecule has 0 aliphatic carbocycles. The summed E-state index contributed by atoms with van der Waals surface area (Å²) in [5.41, 5.74) is 0. The van der Waals surface area contributed by atoms with E-state index in [2.05, 4.69) is 56.7 Å². The second-order valence-electron chi connectivity index (χ2n) is 20.1. The number of hydrogen-bond donors (Lipinski definition) is 1. The minimum Gasteiger partial charge on any atom is -0.393 e. The van der Waals surface area contributed by atoms with Crippen molar-refractivity contribution >= 4 is 21.2 Å². The summed E-state index contributed by atoms with van der Waals surface area (Å²) < 4.78 is 13.8. The first kappa shape index (κ1) is 62.4. The van der Waals surface area contributed by atoms with Gasteiger partial charge in [0.15, 0.2) is 0 Å². The summed E-state index contributed by atoms with van der Waals surface area (Å²) in [5.74, 6) is 0.919. The molecule has 0 saturated heterocycles. The molecule has 4 nitrogen and oxygen atoms in total. The molecule has 0 aromatic rings. The molecular formula is C56H118N2O2SSi. The average molecular weight is 912 g/mol. The second-order valence-corrected chi connectivity index (χ2v) is 23.9. The molecule has 0 saturated carbocycles. The second kappa shape index (κ2) is 52.4. The van der Waals surface area contributed by atoms with Crippen LogP contribution >= 0.6 is 12.6 Å². The predicted molar refractivity (Wildman–Crippen MR) is 287 cm³/mol. The lowest BCUT2D eigenvalue weighted by molar-refractivity contribution is 0.127. The van der Waals surface area contributed by atoms with Gasteiger partial charge >= 0.3 is 8.56 Å². The van der Waals surface area contributed by atoms with Crippen molar-refractivity contribution in [1.82, 2.24) is 9.80 Å². The van der Waals surface area contributed by atoms with Gasteiger partial charge in [-0.15, -0.1) is 0 Å². The standard InChI is InChI=1S/C56H118N2O2SSi/c1-6-10-14-18-22-26-30-34-38-42-47-57(48-43-39-35-31-27-23-19-15-11-7-2)51-53-59-62(5,56-46-55-61)60-54-52-58(49-44-40-36-32-28-24-20-16-12-8-3)50-45-41-37-33-29-25-21-17-13-9-4/h61H,6-56H2,1-5H3. The van der Waals surface area contributed by atoms with Gasteiger partial charge < -0.3 is 18.7 Å². The fourth-order valence-corrected chi connectivity index (χ4v) is 12.0. The van der Waals surface area contributed by atoms with E-state index in [-0.39, 0.29) is 0 Å². The Labute approximate surface area is 399 Å². The van der Waals surface area contributed by atoms with Gasteiger partial charge in [-0.1, -0.05) is 259 Å². The van der Waals surface area contributed by atoms with E-state index in [1.807, 2.05) is 0 Å². The molecule has 0 aromatic heterocycles. The summed E-state index contributed by atoms with van der Waals surface area (Å²) in [6, 6.07) is 1.06. The van der Waals surface area contributed by atoms with Gasteiger partial charge in [0.05, 0.1) is 0 Å². The van der Waals surface area contributed by atoms with Gasteiger partial charge in [-0.05, 0) is 76.6 Å². The van der Waals surface area contributed by atoms with Gasteiger partial charge in [-0.25, -0.2) is 0 Å². The number of unbranched alkanes of at least 4 members (excludes halogenated alkanes) is 36. The molecule has 62 heavy (non-hydrogen) atoms. The van der Waals surface area contributed by atoms with Crippen LogP contribution in [-0.2, 0) is 8.85 Å². The van der Waals surface area contributed by atoms with Gasteiger partial charge in [0.25, 0.3) is 0 Å². The Kier molecular flexibility index (Phi) is 52.7. The van der Waals surface area contributed by atoms with Crippen LogP contribution in [0.3, 0.4) is 0 Å². The minimum atomic E-state index is -2.27. The van der Waals surface area contributed by atoms with Crippen LogP contribution in [0.25, 0.3) is 0 Å². The van der Waals surface area contributed by atoms with Gasteiger partial charge in [-0.3, -0.25) is 0 Å². The van der Waals surface area contributed by atoms with Crippen molar-refractivity contribution < 1.29 is 8.85 Å².